The Hall–Kier alpha value is -5.10. The summed E-state index contributed by atoms with van der Waals surface area (Å²) in [5.41, 5.74) is -3.48. The Morgan fingerprint density at radius 3 is 1.75 bits per heavy atom. The highest BCUT2D eigenvalue weighted by Crippen LogP contribution is 2.43. The number of aliphatic hydroxyl groups is 1. The summed E-state index contributed by atoms with van der Waals surface area (Å²) in [5, 5.41) is 12.3. The summed E-state index contributed by atoms with van der Waals surface area (Å²) >= 11 is 2.99. The predicted molar refractivity (Wildman–Crippen MR) is 236 cm³/mol. The van der Waals surface area contributed by atoms with E-state index in [2.05, 4.69) is 21.2 Å². The average Bonchev–Trinajstić information content (AvgIpc) is 3.24. The van der Waals surface area contributed by atoms with Crippen molar-refractivity contribution in [3.63, 3.8) is 0 Å². The number of benzene rings is 4. The Morgan fingerprint density at radius 2 is 1.19 bits per heavy atom. The quantitative estimate of drug-likeness (QED) is 0.0877. The first kappa shape index (κ1) is 54.5. The first-order valence-electron chi connectivity index (χ1n) is 20.1. The second-order valence-corrected chi connectivity index (χ2v) is 20.7. The molecule has 14 nitrogen and oxygen atoms in total. The largest absolute Gasteiger partial charge is 0.489 e. The third-order valence-corrected chi connectivity index (χ3v) is 13.1. The van der Waals surface area contributed by atoms with E-state index < -0.39 is 83.4 Å². The lowest BCUT2D eigenvalue weighted by Crippen LogP contribution is -2.49. The first-order chi connectivity index (χ1) is 31.0. The normalized spacial score (nSPS) is 16.2. The van der Waals surface area contributed by atoms with Crippen molar-refractivity contribution in [1.82, 2.24) is 0 Å². The summed E-state index contributed by atoms with van der Waals surface area (Å²) in [6.45, 7) is 9.44. The maximum absolute atomic E-state index is 13.6. The van der Waals surface area contributed by atoms with Crippen LogP contribution in [0.1, 0.15) is 52.7 Å². The van der Waals surface area contributed by atoms with Crippen molar-refractivity contribution < 1.29 is 81.6 Å². The molecule has 2 N–H and O–H groups in total. The van der Waals surface area contributed by atoms with Crippen molar-refractivity contribution in [2.45, 2.75) is 91.9 Å². The molecule has 368 valence electrons. The minimum absolute atomic E-state index is 0.0461. The highest BCUT2D eigenvalue weighted by Gasteiger charge is 2.43. The lowest BCUT2D eigenvalue weighted by Gasteiger charge is -2.37. The second kappa shape index (κ2) is 21.9. The van der Waals surface area contributed by atoms with Gasteiger partial charge in [-0.15, -0.1) is 0 Å². The molecule has 2 unspecified atom stereocenters. The van der Waals surface area contributed by atoms with E-state index in [1.54, 1.807) is 32.9 Å². The van der Waals surface area contributed by atoms with Crippen molar-refractivity contribution in [1.29, 1.82) is 0 Å². The molecule has 2 aliphatic rings. The van der Waals surface area contributed by atoms with E-state index in [-0.39, 0.29) is 71.1 Å². The molecular weight excluding hydrogens is 1010 g/mol. The summed E-state index contributed by atoms with van der Waals surface area (Å²) in [4.78, 5) is 20.4. The van der Waals surface area contributed by atoms with Crippen LogP contribution in [-0.2, 0) is 56.0 Å². The number of halogens is 7. The summed E-state index contributed by atoms with van der Waals surface area (Å²) in [7, 11) is -9.15. The van der Waals surface area contributed by atoms with Crippen LogP contribution < -0.4 is 19.1 Å². The van der Waals surface area contributed by atoms with Gasteiger partial charge >= 0.3 is 24.3 Å². The number of anilines is 2. The molecule has 4 aromatic carbocycles. The van der Waals surface area contributed by atoms with Gasteiger partial charge in [0, 0.05) is 0 Å². The van der Waals surface area contributed by atoms with Crippen molar-refractivity contribution in [3.05, 3.63) is 102 Å². The number of hydrogen-bond acceptors (Lipinski definition) is 13. The molecule has 4 aromatic rings. The summed E-state index contributed by atoms with van der Waals surface area (Å²) in [5.74, 6) is -0.469. The van der Waals surface area contributed by atoms with Gasteiger partial charge in [-0.05, 0) is 90.1 Å². The maximum Gasteiger partial charge on any atom is 0.417 e. The molecule has 0 aromatic heterocycles. The summed E-state index contributed by atoms with van der Waals surface area (Å²) in [6.07, 6.45) is -9.69. The number of nitrogens with one attached hydrogen (secondary N) is 1. The Morgan fingerprint density at radius 1 is 0.701 bits per heavy atom. The fraction of sp³-hybridized carbons (Fsp3) is 0.409. The topological polar surface area (TPSA) is 184 Å². The van der Waals surface area contributed by atoms with Gasteiger partial charge in [-0.2, -0.15) is 26.3 Å². The predicted octanol–water partition coefficient (Wildman–Crippen LogP) is 8.45. The highest BCUT2D eigenvalue weighted by atomic mass is 79.9. The van der Waals surface area contributed by atoms with Gasteiger partial charge in [0.25, 0.3) is 10.0 Å². The number of esters is 2. The zero-order valence-corrected chi connectivity index (χ0v) is 40.1. The van der Waals surface area contributed by atoms with E-state index in [1.807, 2.05) is 20.8 Å². The van der Waals surface area contributed by atoms with Crippen LogP contribution in [0.15, 0.2) is 106 Å². The number of ether oxygens (including phenoxy) is 5. The number of rotatable bonds is 10. The van der Waals surface area contributed by atoms with Gasteiger partial charge in [-0.25, -0.2) is 21.6 Å². The zero-order valence-electron chi connectivity index (χ0n) is 36.9. The van der Waals surface area contributed by atoms with Crippen LogP contribution in [0.2, 0.25) is 0 Å². The number of alkyl halides is 7. The van der Waals surface area contributed by atoms with Crippen LogP contribution in [0.3, 0.4) is 0 Å². The molecule has 2 heterocycles. The Kier molecular flexibility index (Phi) is 17.8. The van der Waals surface area contributed by atoms with E-state index in [9.17, 15) is 57.9 Å². The van der Waals surface area contributed by atoms with Crippen LogP contribution in [-0.4, -0.2) is 95.5 Å². The second-order valence-electron chi connectivity index (χ2n) is 16.5. The van der Waals surface area contributed by atoms with Gasteiger partial charge in [-0.1, -0.05) is 58.4 Å². The monoisotopic (exact) mass is 1050 g/mol. The molecule has 6 rings (SSSR count). The molecule has 0 aliphatic carbocycles. The molecule has 67 heavy (non-hydrogen) atoms. The molecule has 2 atom stereocenters. The standard InChI is InChI=1S/C22H24F3NO6S.C16H14F3NO4S.C6H11BrO2/c1-21(2,3)32-20(27)14-30-12-15-13-31-18-10-6-5-9-17(18)26(15)33(28,29)19-11-7-4-8-16(19)22(23,24)25;17-16(18,19)11-4-1-2-6-13(11)25(22,23)14-7-3-5-12-15(14)20-10(8-21)9-24-12;1-6(2,3)9-5(8)4-7/h4-11,15H,12-14H2,1-3H3;1-7,10,20-21H,8-9H2;4H2,1-3H3. The van der Waals surface area contributed by atoms with Gasteiger partial charge in [0.2, 0.25) is 9.84 Å². The highest BCUT2D eigenvalue weighted by molar-refractivity contribution is 9.09. The Labute approximate surface area is 392 Å². The zero-order chi connectivity index (χ0) is 50.2. The molecule has 0 spiro atoms. The molecule has 0 amide bonds. The summed E-state index contributed by atoms with van der Waals surface area (Å²) in [6, 6.07) is 16.6. The van der Waals surface area contributed by atoms with Crippen LogP contribution in [0.4, 0.5) is 37.7 Å². The number of carbonyl (C=O) groups is 2. The minimum atomic E-state index is -4.88. The summed E-state index contributed by atoms with van der Waals surface area (Å²) < 4.78 is 161. The third kappa shape index (κ3) is 14.7. The van der Waals surface area contributed by atoms with E-state index >= 15 is 0 Å². The maximum atomic E-state index is 13.6. The van der Waals surface area contributed by atoms with Gasteiger partial charge in [-0.3, -0.25) is 9.10 Å². The molecule has 0 saturated carbocycles. The number of sulfonamides is 1. The number of aliphatic hydroxyl groups excluding tert-OH is 1. The molecule has 2 aliphatic heterocycles. The molecule has 0 saturated heterocycles. The molecule has 0 bridgehead atoms. The fourth-order valence-electron chi connectivity index (χ4n) is 6.29. The first-order valence-corrected chi connectivity index (χ1v) is 24.1. The van der Waals surface area contributed by atoms with Crippen LogP contribution in [0, 0.1) is 0 Å². The molecule has 0 fully saturated rings. The smallest absolute Gasteiger partial charge is 0.417 e. The number of fused-ring (bicyclic) bond motifs is 2. The van der Waals surface area contributed by atoms with E-state index in [4.69, 9.17) is 23.7 Å². The fourth-order valence-corrected chi connectivity index (χ4v) is 9.91. The Balaban J connectivity index is 0.000000253. The molecule has 23 heteroatoms. The van der Waals surface area contributed by atoms with Gasteiger partial charge < -0.3 is 34.1 Å². The van der Waals surface area contributed by atoms with E-state index in [1.165, 1.54) is 42.5 Å². The molecule has 0 radical (unpaired) electrons. The van der Waals surface area contributed by atoms with Crippen LogP contribution in [0.5, 0.6) is 11.5 Å². The number of para-hydroxylation sites is 3. The number of hydrogen-bond donors (Lipinski definition) is 2. The van der Waals surface area contributed by atoms with E-state index in [0.717, 1.165) is 34.6 Å². The van der Waals surface area contributed by atoms with Crippen molar-refractivity contribution in [2.24, 2.45) is 0 Å². The Bertz CT molecular complexity index is 2580. The number of nitrogens with zero attached hydrogens (tertiary/aromatic N) is 1. The van der Waals surface area contributed by atoms with Gasteiger partial charge in [0.05, 0.1) is 56.4 Å². The minimum Gasteiger partial charge on any atom is -0.489 e. The van der Waals surface area contributed by atoms with Crippen LogP contribution in [0.25, 0.3) is 0 Å². The third-order valence-electron chi connectivity index (χ3n) is 8.84. The number of carbonyl (C=O) groups excluding carboxylic acids is 2. The molecular formula is C44H49BrF6N2O12S2. The average molecular weight is 1060 g/mol. The SMILES string of the molecule is CC(C)(C)OC(=O)CBr.CC(C)(C)OC(=O)COCC1COc2ccccc2N1S(=O)(=O)c1ccccc1C(F)(F)F.O=S(=O)(c1ccccc1C(F)(F)F)c1cccc2c1NC(CO)CO2. The lowest BCUT2D eigenvalue weighted by atomic mass is 10.2. The van der Waals surface area contributed by atoms with Crippen molar-refractivity contribution >= 4 is 59.1 Å². The van der Waals surface area contributed by atoms with Gasteiger partial charge in [0.15, 0.2) is 0 Å². The van der Waals surface area contributed by atoms with Gasteiger partial charge in [0.1, 0.15) is 53.9 Å². The van der Waals surface area contributed by atoms with E-state index in [0.29, 0.717) is 6.07 Å². The van der Waals surface area contributed by atoms with Crippen LogP contribution >= 0.6 is 15.9 Å². The van der Waals surface area contributed by atoms with Crippen molar-refractivity contribution in [2.75, 3.05) is 48.0 Å². The van der Waals surface area contributed by atoms with Crippen molar-refractivity contribution in [3.8, 4) is 11.5 Å². The number of sulfone groups is 1. The lowest BCUT2D eigenvalue weighted by molar-refractivity contribution is -0.160.